The number of hydrogen-bond donors (Lipinski definition) is 0. The molecule has 0 spiro atoms. The summed E-state index contributed by atoms with van der Waals surface area (Å²) in [5.41, 5.74) is -0.285. The van der Waals surface area contributed by atoms with Crippen molar-refractivity contribution in [2.45, 2.75) is 26.6 Å². The van der Waals surface area contributed by atoms with Gasteiger partial charge in [0.1, 0.15) is 0 Å². The van der Waals surface area contributed by atoms with Crippen LogP contribution in [0.5, 0.6) is 0 Å². The molecule has 0 saturated carbocycles. The van der Waals surface area contributed by atoms with Crippen LogP contribution in [0.15, 0.2) is 6.20 Å². The highest BCUT2D eigenvalue weighted by Gasteiger charge is 2.30. The van der Waals surface area contributed by atoms with Crippen LogP contribution >= 0.6 is 0 Å². The predicted octanol–water partition coefficient (Wildman–Crippen LogP) is 1.82. The second-order valence-electron chi connectivity index (χ2n) is 3.35. The lowest BCUT2D eigenvalue weighted by molar-refractivity contribution is 0.00182. The number of aromatic nitrogens is 3. The van der Waals surface area contributed by atoms with Crippen LogP contribution in [0.25, 0.3) is 0 Å². The Hall–Kier alpha value is -1.60. The molecule has 96 valence electrons. The second kappa shape index (κ2) is 5.65. The number of ether oxygens (including phenoxy) is 1. The highest BCUT2D eigenvalue weighted by Crippen LogP contribution is 2.25. The molecule has 1 rings (SSSR count). The van der Waals surface area contributed by atoms with Crippen LogP contribution in [-0.2, 0) is 4.74 Å². The molecule has 2 unspecified atom stereocenters. The van der Waals surface area contributed by atoms with E-state index in [0.29, 0.717) is 4.68 Å². The molecule has 8 heteroatoms. The molecule has 0 amide bonds. The first-order valence-electron chi connectivity index (χ1n) is 4.98. The number of halogens is 3. The molecular weight excluding hydrogens is 239 g/mol. The Balaban J connectivity index is 2.91. The van der Waals surface area contributed by atoms with Gasteiger partial charge >= 0.3 is 5.97 Å². The first-order valence-corrected chi connectivity index (χ1v) is 4.98. The van der Waals surface area contributed by atoms with E-state index in [2.05, 4.69) is 15.0 Å². The van der Waals surface area contributed by atoms with Gasteiger partial charge in [0.05, 0.1) is 18.7 Å². The normalized spacial score (nSPS) is 14.7. The van der Waals surface area contributed by atoms with Crippen molar-refractivity contribution in [1.29, 1.82) is 0 Å². The number of hydrogen-bond acceptors (Lipinski definition) is 4. The number of alkyl halides is 3. The van der Waals surface area contributed by atoms with Gasteiger partial charge in [-0.25, -0.2) is 22.6 Å². The Morgan fingerprint density at radius 1 is 1.53 bits per heavy atom. The van der Waals surface area contributed by atoms with Crippen LogP contribution in [0.2, 0.25) is 0 Å². The maximum Gasteiger partial charge on any atom is 0.358 e. The fourth-order valence-electron chi connectivity index (χ4n) is 1.12. The molecule has 0 aliphatic rings. The number of carbonyl (C=O) groups is 1. The monoisotopic (exact) mass is 251 g/mol. The molecule has 1 aromatic rings. The van der Waals surface area contributed by atoms with Gasteiger partial charge in [0.2, 0.25) is 12.7 Å². The van der Waals surface area contributed by atoms with Crippen molar-refractivity contribution < 1.29 is 22.7 Å². The average molecular weight is 251 g/mol. The van der Waals surface area contributed by atoms with E-state index < -0.39 is 24.6 Å². The van der Waals surface area contributed by atoms with Crippen molar-refractivity contribution in [1.82, 2.24) is 15.0 Å². The van der Waals surface area contributed by atoms with E-state index in [9.17, 15) is 18.0 Å². The Kier molecular flexibility index (Phi) is 4.47. The van der Waals surface area contributed by atoms with E-state index in [1.165, 1.54) is 0 Å². The molecular formula is C9H12F3N3O2. The quantitative estimate of drug-likeness (QED) is 0.749. The predicted molar refractivity (Wildman–Crippen MR) is 51.3 cm³/mol. The topological polar surface area (TPSA) is 57.0 Å². The van der Waals surface area contributed by atoms with Crippen LogP contribution in [0.3, 0.4) is 0 Å². The summed E-state index contributed by atoms with van der Waals surface area (Å²) in [4.78, 5) is 11.3. The lowest BCUT2D eigenvalue weighted by atomic mass is 10.2. The molecule has 0 aliphatic carbocycles. The third-order valence-corrected chi connectivity index (χ3v) is 2.12. The molecule has 0 saturated heterocycles. The summed E-state index contributed by atoms with van der Waals surface area (Å²) in [6, 6.07) is 0. The minimum atomic E-state index is -2.86. The van der Waals surface area contributed by atoms with Gasteiger partial charge in [0.25, 0.3) is 0 Å². The summed E-state index contributed by atoms with van der Waals surface area (Å²) in [5.74, 6) is -2.44. The van der Waals surface area contributed by atoms with Crippen molar-refractivity contribution in [3.8, 4) is 0 Å². The van der Waals surface area contributed by atoms with Crippen LogP contribution in [-0.4, -0.2) is 34.0 Å². The summed E-state index contributed by atoms with van der Waals surface area (Å²) < 4.78 is 43.4. The van der Waals surface area contributed by atoms with E-state index in [1.807, 2.05) is 0 Å². The van der Waals surface area contributed by atoms with Crippen LogP contribution < -0.4 is 0 Å². The van der Waals surface area contributed by atoms with Gasteiger partial charge in [-0.3, -0.25) is 0 Å². The molecule has 17 heavy (non-hydrogen) atoms. The molecule has 1 heterocycles. The second-order valence-corrected chi connectivity index (χ2v) is 3.35. The Labute approximate surface area is 95.6 Å². The zero-order valence-electron chi connectivity index (χ0n) is 9.31. The fourth-order valence-corrected chi connectivity index (χ4v) is 1.12. The SMILES string of the molecule is CCOC(=O)c1cnnn1C(F)C(C)C(F)F. The van der Waals surface area contributed by atoms with Gasteiger partial charge in [0.15, 0.2) is 5.69 Å². The summed E-state index contributed by atoms with van der Waals surface area (Å²) >= 11 is 0. The molecule has 0 bridgehead atoms. The number of nitrogens with zero attached hydrogens (tertiary/aromatic N) is 3. The third kappa shape index (κ3) is 2.95. The highest BCUT2D eigenvalue weighted by molar-refractivity contribution is 5.87. The van der Waals surface area contributed by atoms with E-state index >= 15 is 0 Å². The number of carbonyl (C=O) groups excluding carboxylic acids is 1. The molecule has 0 aromatic carbocycles. The maximum absolute atomic E-state index is 13.6. The average Bonchev–Trinajstić information content (AvgIpc) is 2.76. The largest absolute Gasteiger partial charge is 0.461 e. The summed E-state index contributed by atoms with van der Waals surface area (Å²) in [6.07, 6.45) is -4.01. The van der Waals surface area contributed by atoms with Gasteiger partial charge < -0.3 is 4.74 Å². The minimum Gasteiger partial charge on any atom is -0.461 e. The lowest BCUT2D eigenvalue weighted by Gasteiger charge is -2.16. The van der Waals surface area contributed by atoms with E-state index in [0.717, 1.165) is 13.1 Å². The van der Waals surface area contributed by atoms with Crippen molar-refractivity contribution in [3.05, 3.63) is 11.9 Å². The summed E-state index contributed by atoms with van der Waals surface area (Å²) in [7, 11) is 0. The van der Waals surface area contributed by atoms with Crippen LogP contribution in [0.1, 0.15) is 30.6 Å². The van der Waals surface area contributed by atoms with Gasteiger partial charge in [-0.15, -0.1) is 5.10 Å². The Morgan fingerprint density at radius 3 is 2.71 bits per heavy atom. The minimum absolute atomic E-state index is 0.0887. The molecule has 0 N–H and O–H groups in total. The third-order valence-electron chi connectivity index (χ3n) is 2.12. The highest BCUT2D eigenvalue weighted by atomic mass is 19.3. The van der Waals surface area contributed by atoms with Crippen LogP contribution in [0, 0.1) is 5.92 Å². The van der Waals surface area contributed by atoms with E-state index in [1.54, 1.807) is 6.92 Å². The maximum atomic E-state index is 13.6. The van der Waals surface area contributed by atoms with Gasteiger partial charge in [0, 0.05) is 0 Å². The lowest BCUT2D eigenvalue weighted by Crippen LogP contribution is -2.24. The Bertz CT molecular complexity index is 383. The molecule has 0 radical (unpaired) electrons. The first-order chi connectivity index (χ1) is 7.99. The van der Waals surface area contributed by atoms with Crippen molar-refractivity contribution >= 4 is 5.97 Å². The summed E-state index contributed by atoms with van der Waals surface area (Å²) in [6.45, 7) is 2.68. The smallest absolute Gasteiger partial charge is 0.358 e. The summed E-state index contributed by atoms with van der Waals surface area (Å²) in [5, 5.41) is 6.60. The molecule has 1 aromatic heterocycles. The molecule has 2 atom stereocenters. The molecule has 5 nitrogen and oxygen atoms in total. The fraction of sp³-hybridized carbons (Fsp3) is 0.667. The van der Waals surface area contributed by atoms with Crippen molar-refractivity contribution in [2.24, 2.45) is 5.92 Å². The zero-order chi connectivity index (χ0) is 13.0. The number of esters is 1. The van der Waals surface area contributed by atoms with Gasteiger partial charge in [-0.05, 0) is 6.92 Å². The number of rotatable bonds is 5. The van der Waals surface area contributed by atoms with E-state index in [4.69, 9.17) is 0 Å². The Morgan fingerprint density at radius 2 is 2.18 bits per heavy atom. The zero-order valence-corrected chi connectivity index (χ0v) is 9.31. The van der Waals surface area contributed by atoms with Crippen molar-refractivity contribution in [2.75, 3.05) is 6.61 Å². The molecule has 0 aliphatic heterocycles. The van der Waals surface area contributed by atoms with E-state index in [-0.39, 0.29) is 12.3 Å². The van der Waals surface area contributed by atoms with Crippen LogP contribution in [0.4, 0.5) is 13.2 Å². The van der Waals surface area contributed by atoms with Gasteiger partial charge in [-0.2, -0.15) is 0 Å². The van der Waals surface area contributed by atoms with Gasteiger partial charge in [-0.1, -0.05) is 12.1 Å². The van der Waals surface area contributed by atoms with Crippen molar-refractivity contribution in [3.63, 3.8) is 0 Å². The standard InChI is InChI=1S/C9H12F3N3O2/c1-3-17-9(16)6-4-13-14-15(6)8(12)5(2)7(10)11/h4-5,7-8H,3H2,1-2H3. The molecule has 0 fully saturated rings. The first kappa shape index (κ1) is 13.5.